The van der Waals surface area contributed by atoms with Gasteiger partial charge in [-0.15, -0.1) is 0 Å². The predicted molar refractivity (Wildman–Crippen MR) is 84.1 cm³/mol. The van der Waals surface area contributed by atoms with Gasteiger partial charge in [-0.1, -0.05) is 13.0 Å². The highest BCUT2D eigenvalue weighted by molar-refractivity contribution is 5.94. The molecule has 1 N–H and O–H groups in total. The summed E-state index contributed by atoms with van der Waals surface area (Å²) in [6.07, 6.45) is 2.84. The van der Waals surface area contributed by atoms with Crippen molar-refractivity contribution in [1.29, 1.82) is 0 Å². The topological polar surface area (TPSA) is 46.4 Å². The molecule has 0 saturated carbocycles. The Morgan fingerprint density at radius 3 is 2.78 bits per heavy atom. The van der Waals surface area contributed by atoms with Gasteiger partial charge in [0.05, 0.1) is 0 Å². The van der Waals surface area contributed by atoms with Crippen LogP contribution in [0.1, 0.15) is 19.8 Å². The smallest absolute Gasteiger partial charge is 0.225 e. The molecule has 1 amide bonds. The van der Waals surface area contributed by atoms with Gasteiger partial charge < -0.3 is 5.32 Å². The zero-order valence-corrected chi connectivity index (χ0v) is 12.5. The van der Waals surface area contributed by atoms with E-state index in [9.17, 15) is 13.6 Å². The van der Waals surface area contributed by atoms with Gasteiger partial charge in [0, 0.05) is 18.2 Å². The average molecular weight is 315 g/mol. The second-order valence-corrected chi connectivity index (χ2v) is 5.16. The number of fused-ring (bicyclic) bond motifs is 1. The maximum Gasteiger partial charge on any atom is 0.225 e. The van der Waals surface area contributed by atoms with E-state index in [1.807, 2.05) is 13.0 Å². The van der Waals surface area contributed by atoms with E-state index in [4.69, 9.17) is 0 Å². The van der Waals surface area contributed by atoms with Crippen LogP contribution in [0.4, 0.5) is 14.6 Å². The third-order valence-electron chi connectivity index (χ3n) is 3.46. The van der Waals surface area contributed by atoms with E-state index in [0.29, 0.717) is 35.6 Å². The zero-order chi connectivity index (χ0) is 16.4. The molecule has 0 spiro atoms. The van der Waals surface area contributed by atoms with Gasteiger partial charge in [-0.3, -0.25) is 9.20 Å². The molecule has 1 aromatic carbocycles. The van der Waals surface area contributed by atoms with E-state index in [2.05, 4.69) is 10.3 Å². The highest BCUT2D eigenvalue weighted by Gasteiger charge is 2.17. The Balaban J connectivity index is 2.14. The first kappa shape index (κ1) is 15.1. The lowest BCUT2D eigenvalue weighted by Gasteiger charge is -2.07. The quantitative estimate of drug-likeness (QED) is 0.790. The fourth-order valence-electron chi connectivity index (χ4n) is 2.38. The van der Waals surface area contributed by atoms with E-state index in [1.54, 1.807) is 22.7 Å². The van der Waals surface area contributed by atoms with Gasteiger partial charge in [0.15, 0.2) is 11.6 Å². The van der Waals surface area contributed by atoms with Crippen LogP contribution in [0.2, 0.25) is 0 Å². The molecule has 2 aromatic heterocycles. The van der Waals surface area contributed by atoms with Gasteiger partial charge in [-0.2, -0.15) is 0 Å². The number of aromatic nitrogens is 2. The van der Waals surface area contributed by atoms with Crippen molar-refractivity contribution in [3.8, 4) is 11.3 Å². The first-order chi connectivity index (χ1) is 11.1. The maximum absolute atomic E-state index is 13.5. The third kappa shape index (κ3) is 2.92. The van der Waals surface area contributed by atoms with Crippen LogP contribution in [0.3, 0.4) is 0 Å². The number of hydrogen-bond donors (Lipinski definition) is 1. The molecule has 0 aliphatic carbocycles. The van der Waals surface area contributed by atoms with Crippen molar-refractivity contribution in [2.24, 2.45) is 0 Å². The number of pyridine rings is 1. The Labute approximate surface area is 131 Å². The highest BCUT2D eigenvalue weighted by atomic mass is 19.2. The minimum atomic E-state index is -0.953. The molecule has 23 heavy (non-hydrogen) atoms. The van der Waals surface area contributed by atoms with E-state index < -0.39 is 11.6 Å². The lowest BCUT2D eigenvalue weighted by atomic mass is 10.1. The van der Waals surface area contributed by atoms with E-state index in [0.717, 1.165) is 12.1 Å². The van der Waals surface area contributed by atoms with Crippen molar-refractivity contribution in [3.63, 3.8) is 0 Å². The van der Waals surface area contributed by atoms with E-state index in [1.165, 1.54) is 6.07 Å². The minimum absolute atomic E-state index is 0.151. The van der Waals surface area contributed by atoms with Crippen LogP contribution >= 0.6 is 0 Å². The normalized spacial score (nSPS) is 10.9. The number of hydrogen-bond acceptors (Lipinski definition) is 2. The summed E-state index contributed by atoms with van der Waals surface area (Å²) in [5.41, 5.74) is 1.41. The van der Waals surface area contributed by atoms with Crippen LogP contribution in [-0.2, 0) is 4.79 Å². The number of carbonyl (C=O) groups excluding carboxylic acids is 1. The summed E-state index contributed by atoms with van der Waals surface area (Å²) in [5, 5.41) is 2.81. The number of carbonyl (C=O) groups is 1. The summed E-state index contributed by atoms with van der Waals surface area (Å²) >= 11 is 0. The summed E-state index contributed by atoms with van der Waals surface area (Å²) < 4.78 is 28.4. The second-order valence-electron chi connectivity index (χ2n) is 5.16. The van der Waals surface area contributed by atoms with Crippen LogP contribution in [0, 0.1) is 11.6 Å². The fraction of sp³-hybridized carbons (Fsp3) is 0.176. The van der Waals surface area contributed by atoms with Crippen molar-refractivity contribution in [3.05, 3.63) is 54.2 Å². The summed E-state index contributed by atoms with van der Waals surface area (Å²) in [6, 6.07) is 8.96. The molecule has 0 aliphatic heterocycles. The Kier molecular flexibility index (Phi) is 4.06. The van der Waals surface area contributed by atoms with Crippen molar-refractivity contribution in [1.82, 2.24) is 9.38 Å². The molecule has 0 atom stereocenters. The summed E-state index contributed by atoms with van der Waals surface area (Å²) in [6.45, 7) is 1.91. The molecule has 6 heteroatoms. The van der Waals surface area contributed by atoms with Crippen LogP contribution in [0.5, 0.6) is 0 Å². The molecule has 0 unspecified atom stereocenters. The van der Waals surface area contributed by atoms with Gasteiger partial charge in [0.25, 0.3) is 0 Å². The zero-order valence-electron chi connectivity index (χ0n) is 12.5. The number of nitrogens with zero attached hydrogens (tertiary/aromatic N) is 2. The van der Waals surface area contributed by atoms with Gasteiger partial charge in [-0.05, 0) is 36.8 Å². The summed E-state index contributed by atoms with van der Waals surface area (Å²) in [5.74, 6) is -1.58. The average Bonchev–Trinajstić information content (AvgIpc) is 2.89. The fourth-order valence-corrected chi connectivity index (χ4v) is 2.38. The molecule has 118 valence electrons. The minimum Gasteiger partial charge on any atom is -0.310 e. The van der Waals surface area contributed by atoms with Gasteiger partial charge in [0.1, 0.15) is 17.2 Å². The molecule has 2 heterocycles. The van der Waals surface area contributed by atoms with E-state index >= 15 is 0 Å². The molecular weight excluding hydrogens is 300 g/mol. The first-order valence-electron chi connectivity index (χ1n) is 7.32. The highest BCUT2D eigenvalue weighted by Crippen LogP contribution is 2.29. The largest absolute Gasteiger partial charge is 0.310 e. The molecule has 4 nitrogen and oxygen atoms in total. The number of anilines is 1. The molecular formula is C17H15F2N3O. The molecule has 0 saturated heterocycles. The Morgan fingerprint density at radius 1 is 1.22 bits per heavy atom. The SMILES string of the molecule is CCCC(=O)Nc1c(-c2ccc(F)c(F)c2)nc2ccccn12. The lowest BCUT2D eigenvalue weighted by molar-refractivity contribution is -0.116. The predicted octanol–water partition coefficient (Wildman–Crippen LogP) is 4.02. The number of rotatable bonds is 4. The molecule has 3 aromatic rings. The number of halogens is 2. The Hall–Kier alpha value is -2.76. The van der Waals surface area contributed by atoms with E-state index in [-0.39, 0.29) is 5.91 Å². The van der Waals surface area contributed by atoms with Gasteiger partial charge in [-0.25, -0.2) is 13.8 Å². The van der Waals surface area contributed by atoms with Crippen LogP contribution in [0.15, 0.2) is 42.6 Å². The molecule has 0 aliphatic rings. The third-order valence-corrected chi connectivity index (χ3v) is 3.46. The molecule has 0 fully saturated rings. The monoisotopic (exact) mass is 315 g/mol. The van der Waals surface area contributed by atoms with Crippen molar-refractivity contribution >= 4 is 17.4 Å². The molecule has 0 radical (unpaired) electrons. The van der Waals surface area contributed by atoms with Crippen LogP contribution < -0.4 is 5.32 Å². The lowest BCUT2D eigenvalue weighted by Crippen LogP contribution is -2.13. The number of amides is 1. The van der Waals surface area contributed by atoms with Crippen molar-refractivity contribution in [2.45, 2.75) is 19.8 Å². The first-order valence-corrected chi connectivity index (χ1v) is 7.32. The van der Waals surface area contributed by atoms with Crippen LogP contribution in [-0.4, -0.2) is 15.3 Å². The molecule has 3 rings (SSSR count). The standard InChI is InChI=1S/C17H15F2N3O/c1-2-5-15(23)21-17-16(11-7-8-12(18)13(19)10-11)20-14-6-3-4-9-22(14)17/h3-4,6-10H,2,5H2,1H3,(H,21,23). The van der Waals surface area contributed by atoms with Crippen molar-refractivity contribution < 1.29 is 13.6 Å². The Bertz CT molecular complexity index is 873. The summed E-state index contributed by atoms with van der Waals surface area (Å²) in [7, 11) is 0. The Morgan fingerprint density at radius 2 is 2.04 bits per heavy atom. The maximum atomic E-state index is 13.5. The van der Waals surface area contributed by atoms with Gasteiger partial charge >= 0.3 is 0 Å². The van der Waals surface area contributed by atoms with Gasteiger partial charge in [0.2, 0.25) is 5.91 Å². The second kappa shape index (κ2) is 6.16. The molecule has 0 bridgehead atoms. The number of imidazole rings is 1. The summed E-state index contributed by atoms with van der Waals surface area (Å²) in [4.78, 5) is 16.4. The number of nitrogens with one attached hydrogen (secondary N) is 1. The number of benzene rings is 1. The van der Waals surface area contributed by atoms with Crippen molar-refractivity contribution in [2.75, 3.05) is 5.32 Å². The van der Waals surface area contributed by atoms with Crippen LogP contribution in [0.25, 0.3) is 16.9 Å².